The molecular formula is C63H88CoN14O14P-. The molecule has 28 nitrogen and oxygen atoms in total. The fourth-order valence-electron chi connectivity index (χ4n) is 15.3. The largest absolute Gasteiger partial charge is 2.00 e. The number of hydrogen-bond acceptors (Lipinski definition) is 19. The van der Waals surface area contributed by atoms with Crippen LogP contribution in [0.15, 0.2) is 67.8 Å². The average molecular weight is 1360 g/mol. The standard InChI is InChI=1S/C62H90N13O14P.CN.Co/c1-29-20-39-40(21-30(29)2)75(28-70-39)57-52(84)53(41(27-76)87-57)89-90(85,86)88-31(3)26-69-49(83)18-19-59(8)37(22-46(66)80)56-62(11)61(10,25-48(68)82)36(14-17-45(65)79)51(74-62)33(5)55-60(9,24-47(67)81)34(12-15-43(63)77)38(71-55)23-42-58(6,7)35(13-16-44(64)78)50(72-42)32(4)54(59)73-56;1-2;/h20-21,23,28,31,34-37,41,52-53,56-57,76,84H,12-19,22,24-27H2,1-11H3,(H15,63,64,65,66,67,68,69,71,72,73,74,77,78,79,80,81,82,83,85,86);;/q;-1;+2/p-2/t31?,34-,35?,36-,37?,41-,52-,53-,56?,57+,59-,60+,61+,62+;;/m1../s1. The average Bonchev–Trinajstić information content (AvgIpc) is 1.53. The molecule has 2 fully saturated rings. The fourth-order valence-corrected chi connectivity index (χ4v) is 16.4. The molecule has 509 valence electrons. The minimum atomic E-state index is -5.32. The van der Waals surface area contributed by atoms with Gasteiger partial charge in [-0.15, -0.1) is 0 Å². The molecule has 6 aliphatic heterocycles. The first kappa shape index (κ1) is 75.0. The Balaban J connectivity index is 0.00000453. The van der Waals surface area contributed by atoms with Crippen molar-refractivity contribution in [2.24, 2.45) is 94.7 Å². The third-order valence-electron chi connectivity index (χ3n) is 20.5. The second-order valence-corrected chi connectivity index (χ2v) is 28.3. The van der Waals surface area contributed by atoms with Gasteiger partial charge in [0, 0.05) is 108 Å². The number of phosphoric acid groups is 1. The number of nitrogens with two attached hydrogens (primary N) is 6. The third-order valence-corrected chi connectivity index (χ3v) is 21.6. The number of nitrogens with one attached hydrogen (secondary N) is 1. The van der Waals surface area contributed by atoms with Crippen LogP contribution in [0, 0.1) is 71.0 Å². The zero-order chi connectivity index (χ0) is 68.7. The van der Waals surface area contributed by atoms with E-state index in [1.165, 1.54) is 17.8 Å². The molecule has 2 saturated heterocycles. The number of imidazole rings is 1. The predicted octanol–water partition coefficient (Wildman–Crippen LogP) is 3.41. The van der Waals surface area contributed by atoms with Gasteiger partial charge in [0.05, 0.1) is 41.3 Å². The fraction of sp³-hybridized carbons (Fsp3) is 0.619. The van der Waals surface area contributed by atoms with E-state index in [1.54, 1.807) is 6.92 Å². The van der Waals surface area contributed by atoms with Crippen LogP contribution in [0.1, 0.15) is 150 Å². The Labute approximate surface area is 551 Å². The number of hydrogen-bond donors (Lipinski definition) is 9. The molecule has 0 spiro atoms. The maximum absolute atomic E-state index is 14.4. The Morgan fingerprint density at radius 3 is 1.96 bits per heavy atom. The second-order valence-electron chi connectivity index (χ2n) is 27.0. The number of carbonyl (C=O) groups is 7. The normalized spacial score (nSPS) is 33.1. The van der Waals surface area contributed by atoms with Crippen LogP contribution in [-0.2, 0) is 68.7 Å². The number of rotatable bonds is 26. The number of benzene rings is 1. The van der Waals surface area contributed by atoms with Crippen LogP contribution in [-0.4, -0.2) is 127 Å². The molecule has 7 amide bonds. The van der Waals surface area contributed by atoms with Crippen molar-refractivity contribution in [2.75, 3.05) is 13.2 Å². The minimum Gasteiger partial charge on any atom is -0.756 e. The molecule has 8 bridgehead atoms. The summed E-state index contributed by atoms with van der Waals surface area (Å²) in [5.74, 6) is -7.40. The van der Waals surface area contributed by atoms with E-state index < -0.39 is 143 Å². The molecule has 30 heteroatoms. The number of primary amides is 6. The number of aromatic nitrogens is 2. The molecule has 93 heavy (non-hydrogen) atoms. The number of ether oxygens (including phenoxy) is 1. The van der Waals surface area contributed by atoms with Crippen molar-refractivity contribution < 1.29 is 83.8 Å². The van der Waals surface area contributed by atoms with E-state index in [-0.39, 0.29) is 94.0 Å². The number of aliphatic hydroxyl groups is 2. The van der Waals surface area contributed by atoms with Crippen LogP contribution in [0.2, 0.25) is 0 Å². The summed E-state index contributed by atoms with van der Waals surface area (Å²) in [6.07, 6.45) is -4.79. The van der Waals surface area contributed by atoms with Crippen LogP contribution in [0.5, 0.6) is 0 Å². The number of amides is 7. The molecule has 8 rings (SSSR count). The molecule has 15 atom stereocenters. The molecule has 1 aromatic carbocycles. The van der Waals surface area contributed by atoms with Crippen molar-refractivity contribution in [1.82, 2.24) is 14.9 Å². The van der Waals surface area contributed by atoms with E-state index in [0.29, 0.717) is 56.4 Å². The van der Waals surface area contributed by atoms with Gasteiger partial charge in [0.1, 0.15) is 18.3 Å². The van der Waals surface area contributed by atoms with Gasteiger partial charge in [0.15, 0.2) is 6.23 Å². The molecule has 1 radical (unpaired) electrons. The van der Waals surface area contributed by atoms with Gasteiger partial charge >= 0.3 is 16.8 Å². The molecule has 0 saturated carbocycles. The summed E-state index contributed by atoms with van der Waals surface area (Å²) in [5, 5.41) is 36.4. The molecule has 7 heterocycles. The van der Waals surface area contributed by atoms with E-state index >= 15 is 0 Å². The molecular weight excluding hydrogens is 1270 g/mol. The predicted molar refractivity (Wildman–Crippen MR) is 337 cm³/mol. The summed E-state index contributed by atoms with van der Waals surface area (Å²) in [6, 6.07) is 2.65. The van der Waals surface area contributed by atoms with Crippen LogP contribution >= 0.6 is 7.82 Å². The number of aryl methyl sites for hydroxylation is 2. The summed E-state index contributed by atoms with van der Waals surface area (Å²) >= 11 is 0. The first-order valence-corrected chi connectivity index (χ1v) is 32.2. The Kier molecular flexibility index (Phi) is 23.0. The number of allylic oxidation sites excluding steroid dienone is 6. The van der Waals surface area contributed by atoms with Gasteiger partial charge in [0.25, 0.3) is 7.82 Å². The van der Waals surface area contributed by atoms with Gasteiger partial charge in [-0.25, -0.2) is 4.98 Å². The number of nitrogens with zero attached hydrogens (tertiary/aromatic N) is 7. The summed E-state index contributed by atoms with van der Waals surface area (Å²) in [5.41, 5.74) is 36.7. The van der Waals surface area contributed by atoms with E-state index in [4.69, 9.17) is 80.3 Å². The molecule has 15 N–H and O–H groups in total. The number of aliphatic imine (C=N–C) groups is 3. The van der Waals surface area contributed by atoms with Crippen LogP contribution < -0.4 is 44.6 Å². The van der Waals surface area contributed by atoms with Crippen molar-refractivity contribution in [1.29, 1.82) is 5.26 Å². The van der Waals surface area contributed by atoms with Gasteiger partial charge in [-0.05, 0) is 119 Å². The maximum Gasteiger partial charge on any atom is 2.00 e. The van der Waals surface area contributed by atoms with Crippen LogP contribution in [0.3, 0.4) is 0 Å². The van der Waals surface area contributed by atoms with E-state index in [2.05, 4.69) is 10.3 Å². The first-order valence-electron chi connectivity index (χ1n) is 30.7. The molecule has 6 aliphatic rings. The Morgan fingerprint density at radius 2 is 1.39 bits per heavy atom. The van der Waals surface area contributed by atoms with Crippen molar-refractivity contribution in [3.63, 3.8) is 0 Å². The Morgan fingerprint density at radius 1 is 0.806 bits per heavy atom. The quantitative estimate of drug-likeness (QED) is 0.0481. The topological polar surface area (TPSA) is 489 Å². The molecule has 0 aliphatic carbocycles. The summed E-state index contributed by atoms with van der Waals surface area (Å²) in [7, 11) is -5.32. The van der Waals surface area contributed by atoms with Crippen molar-refractivity contribution in [3.05, 3.63) is 75.8 Å². The summed E-state index contributed by atoms with van der Waals surface area (Å²) in [6.45, 7) is 23.7. The number of carbonyl (C=O) groups excluding carboxylic acids is 7. The summed E-state index contributed by atoms with van der Waals surface area (Å²) < 4.78 is 31.9. The Hall–Kier alpha value is -7.00. The third kappa shape index (κ3) is 14.6. The number of fused-ring (bicyclic) bond motifs is 7. The molecule has 1 aromatic heterocycles. The second kappa shape index (κ2) is 28.5. The monoisotopic (exact) mass is 1350 g/mol. The van der Waals surface area contributed by atoms with Crippen molar-refractivity contribution in [3.8, 4) is 0 Å². The number of phosphoric ester groups is 1. The van der Waals surface area contributed by atoms with Gasteiger partial charge in [-0.1, -0.05) is 40.7 Å². The minimum absolute atomic E-state index is 0. The maximum atomic E-state index is 14.4. The van der Waals surface area contributed by atoms with E-state index in [1.807, 2.05) is 80.5 Å². The zero-order valence-electron chi connectivity index (χ0n) is 54.4. The molecule has 5 unspecified atom stereocenters. The van der Waals surface area contributed by atoms with E-state index in [9.17, 15) is 53.2 Å². The summed E-state index contributed by atoms with van der Waals surface area (Å²) in [4.78, 5) is 128. The first-order chi connectivity index (χ1) is 42.8. The molecule has 2 aromatic rings. The van der Waals surface area contributed by atoms with Gasteiger partial charge < -0.3 is 90.3 Å². The Bertz CT molecular complexity index is 3600. The van der Waals surface area contributed by atoms with Gasteiger partial charge in [0.2, 0.25) is 41.4 Å². The van der Waals surface area contributed by atoms with Crippen LogP contribution in [0.4, 0.5) is 0 Å². The SMILES string of the molecule is C/C1=C2/[N-]C(C(CC(N)=O)[C@@]2(C)CCC(=O)NCC(C)OP(=O)([O-])O[C@H]2[C@@H](O)[C@@H](n3cnc4cc(C)c(C)cc43)O[C@@H]2CO)[C@]2(C)N=C(/C(C)=C3N=C(/C=C4N=C1C(CCC(N)=O)C\4(C)C)[C@@H](CCC(N)=O)[C@]\3(C)CC(N)=O)[C@@H](CCC(N)=O)[C@]2(C)CC(N)=O.[C-]#N.[Co+2]. The smallest absolute Gasteiger partial charge is 0.756 e. The number of aliphatic hydroxyl groups excluding tert-OH is 2. The van der Waals surface area contributed by atoms with Crippen LogP contribution in [0.25, 0.3) is 16.4 Å². The van der Waals surface area contributed by atoms with Crippen molar-refractivity contribution >= 4 is 77.3 Å². The van der Waals surface area contributed by atoms with Crippen molar-refractivity contribution in [2.45, 2.75) is 189 Å². The van der Waals surface area contributed by atoms with Gasteiger partial charge in [-0.3, -0.25) is 53.1 Å². The van der Waals surface area contributed by atoms with Gasteiger partial charge in [-0.2, -0.15) is 5.70 Å². The zero-order valence-corrected chi connectivity index (χ0v) is 56.4. The van der Waals surface area contributed by atoms with E-state index in [0.717, 1.165) is 11.1 Å².